The van der Waals surface area contributed by atoms with Crippen LogP contribution in [0.3, 0.4) is 0 Å². The third-order valence-electron chi connectivity index (χ3n) is 1.60. The largest absolute Gasteiger partial charge is 0.478 e. The molecule has 0 bridgehead atoms. The standard InChI is InChI=1S/C8H6O8S/c9-7(10)4-1-5(8(11)12)3-6(2-4)16-17(13,14)15/h1-3H,(H,9,10)(H,11,12)(H,13,14,15). The van der Waals surface area contributed by atoms with Gasteiger partial charge in [0.05, 0.1) is 11.1 Å². The molecule has 0 unspecified atom stereocenters. The lowest BCUT2D eigenvalue weighted by Gasteiger charge is -2.04. The first-order valence-corrected chi connectivity index (χ1v) is 5.34. The van der Waals surface area contributed by atoms with Gasteiger partial charge in [-0.05, 0) is 18.2 Å². The quantitative estimate of drug-likeness (QED) is 0.657. The molecule has 9 heteroatoms. The van der Waals surface area contributed by atoms with Crippen molar-refractivity contribution in [2.75, 3.05) is 0 Å². The van der Waals surface area contributed by atoms with Crippen LogP contribution in [-0.4, -0.2) is 35.1 Å². The Morgan fingerprint density at radius 3 is 1.71 bits per heavy atom. The molecule has 0 amide bonds. The SMILES string of the molecule is O=C(O)c1cc(OS(=O)(=O)O)cc(C(=O)O)c1. The molecule has 3 N–H and O–H groups in total. The molecule has 0 aliphatic heterocycles. The number of carboxylic acid groups (broad SMARTS) is 2. The second-order valence-corrected chi connectivity index (χ2v) is 3.89. The van der Waals surface area contributed by atoms with Gasteiger partial charge in [-0.15, -0.1) is 0 Å². The molecule has 0 heterocycles. The number of rotatable bonds is 4. The normalized spacial score (nSPS) is 10.9. The monoisotopic (exact) mass is 262 g/mol. The summed E-state index contributed by atoms with van der Waals surface area (Å²) in [5, 5.41) is 17.3. The highest BCUT2D eigenvalue weighted by atomic mass is 32.3. The Morgan fingerprint density at radius 2 is 1.41 bits per heavy atom. The van der Waals surface area contributed by atoms with Gasteiger partial charge in [0, 0.05) is 0 Å². The van der Waals surface area contributed by atoms with E-state index in [2.05, 4.69) is 4.18 Å². The predicted octanol–water partition coefficient (Wildman–Crippen LogP) is 0.265. The molecule has 0 saturated carbocycles. The lowest BCUT2D eigenvalue weighted by Crippen LogP contribution is -2.09. The number of benzene rings is 1. The Balaban J connectivity index is 3.31. The lowest BCUT2D eigenvalue weighted by atomic mass is 10.1. The van der Waals surface area contributed by atoms with Crippen molar-refractivity contribution in [1.29, 1.82) is 0 Å². The van der Waals surface area contributed by atoms with E-state index in [0.717, 1.165) is 18.2 Å². The Bertz CT molecular complexity index is 541. The average Bonchev–Trinajstić information content (AvgIpc) is 2.14. The summed E-state index contributed by atoms with van der Waals surface area (Å²) in [6.07, 6.45) is 0. The third-order valence-corrected chi connectivity index (χ3v) is 2.01. The maximum atomic E-state index is 10.6. The van der Waals surface area contributed by atoms with E-state index in [1.54, 1.807) is 0 Å². The first kappa shape index (κ1) is 12.9. The zero-order valence-corrected chi connectivity index (χ0v) is 8.84. The minimum atomic E-state index is -4.85. The summed E-state index contributed by atoms with van der Waals surface area (Å²) >= 11 is 0. The number of hydrogen-bond acceptors (Lipinski definition) is 5. The van der Waals surface area contributed by atoms with Crippen LogP contribution in [0.4, 0.5) is 0 Å². The van der Waals surface area contributed by atoms with Crippen molar-refractivity contribution in [3.8, 4) is 5.75 Å². The Kier molecular flexibility index (Phi) is 3.34. The van der Waals surface area contributed by atoms with Gasteiger partial charge in [0.2, 0.25) is 0 Å². The van der Waals surface area contributed by atoms with Crippen LogP contribution in [0, 0.1) is 0 Å². The van der Waals surface area contributed by atoms with Gasteiger partial charge in [0.15, 0.2) is 0 Å². The second-order valence-electron chi connectivity index (χ2n) is 2.87. The number of hydrogen-bond donors (Lipinski definition) is 3. The van der Waals surface area contributed by atoms with Crippen molar-refractivity contribution < 1.29 is 37.0 Å². The van der Waals surface area contributed by atoms with E-state index in [4.69, 9.17) is 14.8 Å². The lowest BCUT2D eigenvalue weighted by molar-refractivity contribution is 0.0696. The smallest absolute Gasteiger partial charge is 0.446 e. The first-order chi connectivity index (χ1) is 7.69. The van der Waals surface area contributed by atoms with Crippen molar-refractivity contribution in [1.82, 2.24) is 0 Å². The highest BCUT2D eigenvalue weighted by molar-refractivity contribution is 7.81. The molecular formula is C8H6O8S. The van der Waals surface area contributed by atoms with E-state index >= 15 is 0 Å². The summed E-state index contributed by atoms with van der Waals surface area (Å²) in [7, 11) is -4.85. The first-order valence-electron chi connectivity index (χ1n) is 3.97. The van der Waals surface area contributed by atoms with E-state index in [1.807, 2.05) is 0 Å². The van der Waals surface area contributed by atoms with Gasteiger partial charge in [-0.1, -0.05) is 0 Å². The van der Waals surface area contributed by atoms with Crippen LogP contribution < -0.4 is 4.18 Å². The fraction of sp³-hybridized carbons (Fsp3) is 0. The summed E-state index contributed by atoms with van der Waals surface area (Å²) in [5.41, 5.74) is -0.966. The molecule has 0 aromatic heterocycles. The fourth-order valence-corrected chi connectivity index (χ4v) is 1.36. The summed E-state index contributed by atoms with van der Waals surface area (Å²) < 4.78 is 33.2. The van der Waals surface area contributed by atoms with Crippen molar-refractivity contribution in [3.05, 3.63) is 29.3 Å². The van der Waals surface area contributed by atoms with Gasteiger partial charge in [-0.25, -0.2) is 9.59 Å². The summed E-state index contributed by atoms with van der Waals surface area (Å²) in [6.45, 7) is 0. The molecule has 1 aromatic carbocycles. The molecule has 0 spiro atoms. The fourth-order valence-electron chi connectivity index (χ4n) is 1.02. The van der Waals surface area contributed by atoms with E-state index < -0.39 is 39.2 Å². The highest BCUT2D eigenvalue weighted by Gasteiger charge is 2.15. The summed E-state index contributed by atoms with van der Waals surface area (Å²) in [5.74, 6) is -3.54. The minimum absolute atomic E-state index is 0.483. The van der Waals surface area contributed by atoms with Gasteiger partial charge in [-0.3, -0.25) is 4.55 Å². The van der Waals surface area contributed by atoms with Crippen molar-refractivity contribution in [2.24, 2.45) is 0 Å². The van der Waals surface area contributed by atoms with E-state index in [0.29, 0.717) is 0 Å². The maximum absolute atomic E-state index is 10.6. The molecule has 0 fully saturated rings. The zero-order valence-electron chi connectivity index (χ0n) is 8.02. The highest BCUT2D eigenvalue weighted by Crippen LogP contribution is 2.19. The molecule has 8 nitrogen and oxygen atoms in total. The Hall–Kier alpha value is -2.13. The van der Waals surface area contributed by atoms with Crippen molar-refractivity contribution in [3.63, 3.8) is 0 Å². The molecule has 0 saturated heterocycles. The van der Waals surface area contributed by atoms with Gasteiger partial charge in [0.25, 0.3) is 0 Å². The van der Waals surface area contributed by atoms with Crippen molar-refractivity contribution in [2.45, 2.75) is 0 Å². The van der Waals surface area contributed by atoms with Gasteiger partial charge < -0.3 is 14.4 Å². The third kappa shape index (κ3) is 3.74. The number of carboxylic acids is 2. The van der Waals surface area contributed by atoms with Crippen LogP contribution in [0.5, 0.6) is 5.75 Å². The van der Waals surface area contributed by atoms with E-state index in [-0.39, 0.29) is 0 Å². The summed E-state index contributed by atoms with van der Waals surface area (Å²) in [6, 6.07) is 2.35. The average molecular weight is 262 g/mol. The van der Waals surface area contributed by atoms with E-state index in [1.165, 1.54) is 0 Å². The zero-order chi connectivity index (χ0) is 13.2. The molecule has 0 aliphatic rings. The molecular weight excluding hydrogens is 256 g/mol. The van der Waals surface area contributed by atoms with Gasteiger partial charge in [0.1, 0.15) is 5.75 Å². The van der Waals surface area contributed by atoms with Crippen LogP contribution in [0.1, 0.15) is 20.7 Å². The summed E-state index contributed by atoms with van der Waals surface area (Å²) in [4.78, 5) is 21.3. The van der Waals surface area contributed by atoms with Crippen molar-refractivity contribution >= 4 is 22.3 Å². The molecule has 1 rings (SSSR count). The topological polar surface area (TPSA) is 138 Å². The molecule has 17 heavy (non-hydrogen) atoms. The Labute approximate surface area is 95.0 Å². The van der Waals surface area contributed by atoms with Crippen LogP contribution in [0.2, 0.25) is 0 Å². The van der Waals surface area contributed by atoms with Crippen LogP contribution in [0.25, 0.3) is 0 Å². The predicted molar refractivity (Wildman–Crippen MR) is 52.5 cm³/mol. The molecule has 92 valence electrons. The molecule has 0 atom stereocenters. The molecule has 0 radical (unpaired) electrons. The van der Waals surface area contributed by atoms with Crippen LogP contribution in [0.15, 0.2) is 18.2 Å². The maximum Gasteiger partial charge on any atom is 0.446 e. The number of aromatic carboxylic acids is 2. The molecule has 0 aliphatic carbocycles. The van der Waals surface area contributed by atoms with E-state index in [9.17, 15) is 18.0 Å². The van der Waals surface area contributed by atoms with Crippen LogP contribution >= 0.6 is 0 Å². The molecule has 1 aromatic rings. The van der Waals surface area contributed by atoms with Gasteiger partial charge >= 0.3 is 22.3 Å². The minimum Gasteiger partial charge on any atom is -0.478 e. The Morgan fingerprint density at radius 1 is 1.00 bits per heavy atom. The van der Waals surface area contributed by atoms with Crippen LogP contribution in [-0.2, 0) is 10.4 Å². The number of carbonyl (C=O) groups is 2. The van der Waals surface area contributed by atoms with Gasteiger partial charge in [-0.2, -0.15) is 8.42 Å². The second kappa shape index (κ2) is 4.39.